The van der Waals surface area contributed by atoms with Crippen molar-refractivity contribution >= 4 is 11.0 Å². The first-order chi connectivity index (χ1) is 9.74. The van der Waals surface area contributed by atoms with Gasteiger partial charge in [-0.05, 0) is 36.4 Å². The summed E-state index contributed by atoms with van der Waals surface area (Å²) < 4.78 is 19.9. The number of hydrogen-bond acceptors (Lipinski definition) is 2. The van der Waals surface area contributed by atoms with Gasteiger partial charge in [-0.1, -0.05) is 12.1 Å². The van der Waals surface area contributed by atoms with E-state index in [1.165, 1.54) is 12.1 Å². The van der Waals surface area contributed by atoms with Crippen molar-refractivity contribution in [3.05, 3.63) is 64.8 Å². The first-order valence-electron chi connectivity index (χ1n) is 6.30. The molecule has 1 N–H and O–H groups in total. The standard InChI is InChI=1S/C15H13FN2O2/c16-11-5-7-12(8-6-11)20-10-9-18-14-4-2-1-3-13(14)17-15(18)19/h1-8H,9-10H2,(H,17,19). The molecule has 4 nitrogen and oxygen atoms in total. The van der Waals surface area contributed by atoms with Crippen molar-refractivity contribution in [3.63, 3.8) is 0 Å². The average Bonchev–Trinajstić information content (AvgIpc) is 2.77. The number of aromatic amines is 1. The van der Waals surface area contributed by atoms with Crippen molar-refractivity contribution in [2.45, 2.75) is 6.54 Å². The molecule has 3 aromatic rings. The Bertz CT molecular complexity index is 774. The molecule has 0 aliphatic rings. The Morgan fingerprint density at radius 3 is 2.65 bits per heavy atom. The Labute approximate surface area is 114 Å². The highest BCUT2D eigenvalue weighted by atomic mass is 19.1. The van der Waals surface area contributed by atoms with Gasteiger partial charge in [0.05, 0.1) is 17.6 Å². The quantitative estimate of drug-likeness (QED) is 0.793. The van der Waals surface area contributed by atoms with Gasteiger partial charge in [0.15, 0.2) is 0 Å². The monoisotopic (exact) mass is 272 g/mol. The van der Waals surface area contributed by atoms with Crippen molar-refractivity contribution in [1.82, 2.24) is 9.55 Å². The van der Waals surface area contributed by atoms with Crippen LogP contribution in [0.1, 0.15) is 0 Å². The zero-order chi connectivity index (χ0) is 13.9. The molecule has 0 spiro atoms. The molecule has 0 atom stereocenters. The Morgan fingerprint density at radius 1 is 1.10 bits per heavy atom. The molecular formula is C15H13FN2O2. The summed E-state index contributed by atoms with van der Waals surface area (Å²) in [6.45, 7) is 0.771. The van der Waals surface area contributed by atoms with Gasteiger partial charge >= 0.3 is 5.69 Å². The fourth-order valence-corrected chi connectivity index (χ4v) is 2.11. The minimum Gasteiger partial charge on any atom is -0.492 e. The molecule has 0 saturated carbocycles. The van der Waals surface area contributed by atoms with Crippen LogP contribution in [0, 0.1) is 5.82 Å². The fraction of sp³-hybridized carbons (Fsp3) is 0.133. The second-order valence-corrected chi connectivity index (χ2v) is 4.40. The molecule has 5 heteroatoms. The van der Waals surface area contributed by atoms with Gasteiger partial charge in [-0.25, -0.2) is 9.18 Å². The molecule has 3 rings (SSSR count). The van der Waals surface area contributed by atoms with Gasteiger partial charge in [0.25, 0.3) is 0 Å². The highest BCUT2D eigenvalue weighted by Gasteiger charge is 2.05. The molecule has 0 aliphatic carbocycles. The van der Waals surface area contributed by atoms with Crippen molar-refractivity contribution < 1.29 is 9.13 Å². The summed E-state index contributed by atoms with van der Waals surface area (Å²) in [5.74, 6) is 0.282. The second kappa shape index (κ2) is 5.21. The van der Waals surface area contributed by atoms with Crippen LogP contribution in [0.5, 0.6) is 5.75 Å². The van der Waals surface area contributed by atoms with Crippen LogP contribution in [0.25, 0.3) is 11.0 Å². The van der Waals surface area contributed by atoms with E-state index >= 15 is 0 Å². The molecule has 0 saturated heterocycles. The number of aromatic nitrogens is 2. The Balaban J connectivity index is 1.72. The lowest BCUT2D eigenvalue weighted by molar-refractivity contribution is 0.298. The van der Waals surface area contributed by atoms with Crippen molar-refractivity contribution in [3.8, 4) is 5.75 Å². The Kier molecular flexibility index (Phi) is 3.25. The fourth-order valence-electron chi connectivity index (χ4n) is 2.11. The number of imidazole rings is 1. The average molecular weight is 272 g/mol. The first kappa shape index (κ1) is 12.5. The van der Waals surface area contributed by atoms with Gasteiger partial charge in [0.2, 0.25) is 0 Å². The number of rotatable bonds is 4. The number of fused-ring (bicyclic) bond motifs is 1. The van der Waals surface area contributed by atoms with Gasteiger partial charge in [-0.2, -0.15) is 0 Å². The number of halogens is 1. The van der Waals surface area contributed by atoms with E-state index in [1.807, 2.05) is 24.3 Å². The molecule has 1 aromatic heterocycles. The molecule has 0 bridgehead atoms. The molecule has 102 valence electrons. The highest BCUT2D eigenvalue weighted by molar-refractivity contribution is 5.74. The zero-order valence-electron chi connectivity index (χ0n) is 10.7. The van der Waals surface area contributed by atoms with Crippen LogP contribution in [0.15, 0.2) is 53.3 Å². The largest absolute Gasteiger partial charge is 0.492 e. The lowest BCUT2D eigenvalue weighted by atomic mass is 10.3. The van der Waals surface area contributed by atoms with E-state index in [2.05, 4.69) is 4.98 Å². The second-order valence-electron chi connectivity index (χ2n) is 4.40. The summed E-state index contributed by atoms with van der Waals surface area (Å²) in [4.78, 5) is 14.6. The smallest absolute Gasteiger partial charge is 0.326 e. The van der Waals surface area contributed by atoms with Crippen molar-refractivity contribution in [2.24, 2.45) is 0 Å². The third-order valence-electron chi connectivity index (χ3n) is 3.08. The first-order valence-corrected chi connectivity index (χ1v) is 6.30. The van der Waals surface area contributed by atoms with Crippen molar-refractivity contribution in [1.29, 1.82) is 0 Å². The molecule has 20 heavy (non-hydrogen) atoms. The molecule has 2 aromatic carbocycles. The molecular weight excluding hydrogens is 259 g/mol. The van der Waals surface area contributed by atoms with Gasteiger partial charge in [0.1, 0.15) is 18.2 Å². The van der Waals surface area contributed by atoms with Crippen LogP contribution in [0.3, 0.4) is 0 Å². The molecule has 0 amide bonds. The topological polar surface area (TPSA) is 47.0 Å². The van der Waals surface area contributed by atoms with Gasteiger partial charge in [-0.3, -0.25) is 4.57 Å². The maximum absolute atomic E-state index is 12.8. The van der Waals surface area contributed by atoms with E-state index < -0.39 is 0 Å². The van der Waals surface area contributed by atoms with E-state index in [0.717, 1.165) is 11.0 Å². The Hall–Kier alpha value is -2.56. The van der Waals surface area contributed by atoms with Crippen LogP contribution >= 0.6 is 0 Å². The van der Waals surface area contributed by atoms with Crippen LogP contribution in [0.4, 0.5) is 4.39 Å². The van der Waals surface area contributed by atoms with E-state index in [4.69, 9.17) is 4.74 Å². The van der Waals surface area contributed by atoms with Crippen LogP contribution in [-0.4, -0.2) is 16.2 Å². The summed E-state index contributed by atoms with van der Waals surface area (Å²) in [5, 5.41) is 0. The van der Waals surface area contributed by atoms with E-state index in [0.29, 0.717) is 18.9 Å². The predicted molar refractivity (Wildman–Crippen MR) is 74.5 cm³/mol. The number of hydrogen-bond donors (Lipinski definition) is 1. The maximum Gasteiger partial charge on any atom is 0.326 e. The molecule has 0 fully saturated rings. The zero-order valence-corrected chi connectivity index (χ0v) is 10.7. The minimum atomic E-state index is -0.301. The number of nitrogens with zero attached hydrogens (tertiary/aromatic N) is 1. The van der Waals surface area contributed by atoms with Gasteiger partial charge < -0.3 is 9.72 Å². The molecule has 0 aliphatic heterocycles. The maximum atomic E-state index is 12.8. The number of benzene rings is 2. The lowest BCUT2D eigenvalue weighted by Crippen LogP contribution is -2.20. The summed E-state index contributed by atoms with van der Waals surface area (Å²) in [7, 11) is 0. The van der Waals surface area contributed by atoms with E-state index in [1.54, 1.807) is 16.7 Å². The summed E-state index contributed by atoms with van der Waals surface area (Å²) in [6, 6.07) is 13.3. The predicted octanol–water partition coefficient (Wildman–Crippen LogP) is 2.55. The third kappa shape index (κ3) is 2.42. The molecule has 0 radical (unpaired) electrons. The number of ether oxygens (including phenoxy) is 1. The SMILES string of the molecule is O=c1[nH]c2ccccc2n1CCOc1ccc(F)cc1. The number of H-pyrrole nitrogens is 1. The molecule has 0 unspecified atom stereocenters. The minimum absolute atomic E-state index is 0.158. The van der Waals surface area contributed by atoms with Gasteiger partial charge in [0, 0.05) is 0 Å². The van der Waals surface area contributed by atoms with Gasteiger partial charge in [-0.15, -0.1) is 0 Å². The van der Waals surface area contributed by atoms with Crippen LogP contribution in [0.2, 0.25) is 0 Å². The molecule has 1 heterocycles. The summed E-state index contributed by atoms with van der Waals surface area (Å²) >= 11 is 0. The number of para-hydroxylation sites is 2. The summed E-state index contributed by atoms with van der Waals surface area (Å²) in [5.41, 5.74) is 1.49. The number of nitrogens with one attached hydrogen (secondary N) is 1. The Morgan fingerprint density at radius 2 is 1.85 bits per heavy atom. The van der Waals surface area contributed by atoms with Crippen LogP contribution < -0.4 is 10.4 Å². The van der Waals surface area contributed by atoms with Crippen molar-refractivity contribution in [2.75, 3.05) is 6.61 Å². The van der Waals surface area contributed by atoms with E-state index in [-0.39, 0.29) is 11.5 Å². The highest BCUT2D eigenvalue weighted by Crippen LogP contribution is 2.12. The summed E-state index contributed by atoms with van der Waals surface area (Å²) in [6.07, 6.45) is 0. The normalized spacial score (nSPS) is 10.8. The lowest BCUT2D eigenvalue weighted by Gasteiger charge is -2.07. The van der Waals surface area contributed by atoms with Crippen LogP contribution in [-0.2, 0) is 6.54 Å². The third-order valence-corrected chi connectivity index (χ3v) is 3.08. The van der Waals surface area contributed by atoms with E-state index in [9.17, 15) is 9.18 Å².